The molecule has 0 radical (unpaired) electrons. The molecule has 1 aromatic heterocycles. The van der Waals surface area contributed by atoms with Crippen LogP contribution in [0.5, 0.6) is 0 Å². The van der Waals surface area contributed by atoms with Crippen molar-refractivity contribution in [2.75, 3.05) is 18.0 Å². The smallest absolute Gasteiger partial charge is 0.209 e. The van der Waals surface area contributed by atoms with Gasteiger partial charge in [0.05, 0.1) is 23.6 Å². The predicted molar refractivity (Wildman–Crippen MR) is 126 cm³/mol. The van der Waals surface area contributed by atoms with Gasteiger partial charge in [-0.15, -0.1) is 0 Å². The third-order valence-corrected chi connectivity index (χ3v) is 5.98. The van der Waals surface area contributed by atoms with E-state index in [4.69, 9.17) is 10.1 Å². The molecule has 0 amide bonds. The Labute approximate surface area is 190 Å². The van der Waals surface area contributed by atoms with Crippen molar-refractivity contribution in [1.82, 2.24) is 9.78 Å². The molecule has 2 atom stereocenters. The SMILES string of the molecule is N=CCC(=Nc1ccccc1)c1nn(-c2ccc(N3CC4CCC(C3)O4)cc2F)ccc1=O. The van der Waals surface area contributed by atoms with Crippen LogP contribution in [0, 0.1) is 11.2 Å². The van der Waals surface area contributed by atoms with Gasteiger partial charge in [0, 0.05) is 43.7 Å². The summed E-state index contributed by atoms with van der Waals surface area (Å²) in [7, 11) is 0. The summed E-state index contributed by atoms with van der Waals surface area (Å²) >= 11 is 0. The number of hydrogen-bond acceptors (Lipinski definition) is 6. The van der Waals surface area contributed by atoms with Crippen LogP contribution in [0.3, 0.4) is 0 Å². The highest BCUT2D eigenvalue weighted by atomic mass is 19.1. The molecule has 2 aromatic carbocycles. The number of ether oxygens (including phenoxy) is 1. The highest BCUT2D eigenvalue weighted by molar-refractivity contribution is 6.06. The topological polar surface area (TPSA) is 83.6 Å². The molecule has 0 saturated carbocycles. The Kier molecular flexibility index (Phi) is 5.83. The average molecular weight is 445 g/mol. The van der Waals surface area contributed by atoms with E-state index >= 15 is 4.39 Å². The van der Waals surface area contributed by atoms with Crippen molar-refractivity contribution in [2.45, 2.75) is 31.5 Å². The third-order valence-electron chi connectivity index (χ3n) is 5.98. The van der Waals surface area contributed by atoms with Gasteiger partial charge in [0.25, 0.3) is 0 Å². The number of aromatic nitrogens is 2. The monoisotopic (exact) mass is 445 g/mol. The fourth-order valence-corrected chi connectivity index (χ4v) is 4.40. The quantitative estimate of drug-likeness (QED) is 0.584. The first-order valence-electron chi connectivity index (χ1n) is 11.0. The van der Waals surface area contributed by atoms with Crippen LogP contribution in [0.25, 0.3) is 5.69 Å². The van der Waals surface area contributed by atoms with Gasteiger partial charge in [0.15, 0.2) is 11.5 Å². The Morgan fingerprint density at radius 2 is 1.91 bits per heavy atom. The van der Waals surface area contributed by atoms with Crippen molar-refractivity contribution in [3.05, 3.63) is 82.5 Å². The third kappa shape index (κ3) is 4.47. The summed E-state index contributed by atoms with van der Waals surface area (Å²) in [6.07, 6.45) is 5.29. The number of aliphatic imine (C=N–C) groups is 1. The maximum atomic E-state index is 15.2. The van der Waals surface area contributed by atoms with Crippen molar-refractivity contribution < 1.29 is 9.13 Å². The lowest BCUT2D eigenvalue weighted by atomic mass is 10.2. The lowest BCUT2D eigenvalue weighted by molar-refractivity contribution is 0.0305. The van der Waals surface area contributed by atoms with E-state index in [-0.39, 0.29) is 35.4 Å². The Bertz CT molecular complexity index is 1250. The Morgan fingerprint density at radius 3 is 2.61 bits per heavy atom. The summed E-state index contributed by atoms with van der Waals surface area (Å²) in [6.45, 7) is 1.53. The second-order valence-electron chi connectivity index (χ2n) is 8.27. The van der Waals surface area contributed by atoms with Gasteiger partial charge in [-0.1, -0.05) is 18.2 Å². The van der Waals surface area contributed by atoms with E-state index in [9.17, 15) is 4.79 Å². The van der Waals surface area contributed by atoms with E-state index < -0.39 is 5.82 Å². The molecule has 168 valence electrons. The molecule has 1 N–H and O–H groups in total. The van der Waals surface area contributed by atoms with Crippen LogP contribution in [0.15, 0.2) is 70.6 Å². The Balaban J connectivity index is 1.48. The first kappa shape index (κ1) is 21.2. The minimum absolute atomic E-state index is 0.0954. The number of halogens is 1. The molecule has 2 unspecified atom stereocenters. The summed E-state index contributed by atoms with van der Waals surface area (Å²) in [5.74, 6) is -0.429. The molecule has 8 heteroatoms. The summed E-state index contributed by atoms with van der Waals surface area (Å²) in [5, 5.41) is 11.9. The van der Waals surface area contributed by atoms with Gasteiger partial charge in [-0.3, -0.25) is 9.79 Å². The number of para-hydroxylation sites is 1. The molecular weight excluding hydrogens is 421 g/mol. The van der Waals surface area contributed by atoms with Crippen molar-refractivity contribution >= 4 is 23.3 Å². The molecular formula is C25H24FN5O2. The van der Waals surface area contributed by atoms with Crippen LogP contribution in [0.2, 0.25) is 0 Å². The normalized spacial score (nSPS) is 20.2. The number of nitrogens with one attached hydrogen (secondary N) is 1. The average Bonchev–Trinajstić information content (AvgIpc) is 3.17. The van der Waals surface area contributed by atoms with E-state index in [1.807, 2.05) is 36.4 Å². The second kappa shape index (κ2) is 9.07. The second-order valence-corrected chi connectivity index (χ2v) is 8.27. The zero-order valence-electron chi connectivity index (χ0n) is 18.0. The Hall–Kier alpha value is -3.65. The molecule has 5 rings (SSSR count). The number of benzene rings is 2. The molecule has 7 nitrogen and oxygen atoms in total. The summed E-state index contributed by atoms with van der Waals surface area (Å²) in [6, 6.07) is 15.6. The number of nitrogens with zero attached hydrogens (tertiary/aromatic N) is 4. The summed E-state index contributed by atoms with van der Waals surface area (Å²) < 4.78 is 22.4. The van der Waals surface area contributed by atoms with Crippen molar-refractivity contribution in [1.29, 1.82) is 5.41 Å². The number of anilines is 1. The highest BCUT2D eigenvalue weighted by Gasteiger charge is 2.34. The Morgan fingerprint density at radius 1 is 1.15 bits per heavy atom. The van der Waals surface area contributed by atoms with Crippen LogP contribution >= 0.6 is 0 Å². The van der Waals surface area contributed by atoms with E-state index in [0.29, 0.717) is 11.4 Å². The molecule has 2 saturated heterocycles. The zero-order valence-corrected chi connectivity index (χ0v) is 18.0. The molecule has 0 spiro atoms. The van der Waals surface area contributed by atoms with Crippen molar-refractivity contribution in [3.63, 3.8) is 0 Å². The van der Waals surface area contributed by atoms with Gasteiger partial charge in [-0.2, -0.15) is 5.10 Å². The molecule has 2 aliphatic rings. The van der Waals surface area contributed by atoms with Crippen LogP contribution < -0.4 is 10.3 Å². The molecule has 33 heavy (non-hydrogen) atoms. The van der Waals surface area contributed by atoms with Crippen LogP contribution in [0.4, 0.5) is 15.8 Å². The van der Waals surface area contributed by atoms with Crippen molar-refractivity contribution in [2.24, 2.45) is 4.99 Å². The fourth-order valence-electron chi connectivity index (χ4n) is 4.40. The first-order chi connectivity index (χ1) is 16.1. The number of hydrogen-bond donors (Lipinski definition) is 1. The molecule has 0 aliphatic carbocycles. The maximum Gasteiger partial charge on any atom is 0.209 e. The van der Waals surface area contributed by atoms with Crippen LogP contribution in [0.1, 0.15) is 25.0 Å². The predicted octanol–water partition coefficient (Wildman–Crippen LogP) is 3.90. The van der Waals surface area contributed by atoms with Crippen LogP contribution in [-0.2, 0) is 4.74 Å². The van der Waals surface area contributed by atoms with Gasteiger partial charge in [-0.25, -0.2) is 9.07 Å². The molecule has 2 aliphatic heterocycles. The molecule has 2 bridgehead atoms. The number of fused-ring (bicyclic) bond motifs is 2. The summed E-state index contributed by atoms with van der Waals surface area (Å²) in [4.78, 5) is 19.3. The highest BCUT2D eigenvalue weighted by Crippen LogP contribution is 2.30. The van der Waals surface area contributed by atoms with E-state index in [1.165, 1.54) is 29.2 Å². The molecule has 3 aromatic rings. The number of rotatable bonds is 6. The molecule has 3 heterocycles. The van der Waals surface area contributed by atoms with E-state index in [1.54, 1.807) is 6.07 Å². The van der Waals surface area contributed by atoms with Gasteiger partial charge < -0.3 is 15.0 Å². The standard InChI is InChI=1S/C25H24FN5O2/c26-21-14-18(30-15-19-7-8-20(16-30)33-19)6-9-23(21)31-13-11-24(32)25(29-31)22(10-12-27)28-17-4-2-1-3-5-17/h1-6,9,11-14,19-20,27H,7-8,10,15-16H2. The lowest BCUT2D eigenvalue weighted by Gasteiger charge is -2.34. The number of morpholine rings is 1. The largest absolute Gasteiger partial charge is 0.371 e. The minimum Gasteiger partial charge on any atom is -0.371 e. The van der Waals surface area contributed by atoms with E-state index in [0.717, 1.165) is 31.6 Å². The first-order valence-corrected chi connectivity index (χ1v) is 11.0. The van der Waals surface area contributed by atoms with Gasteiger partial charge in [0.2, 0.25) is 5.43 Å². The van der Waals surface area contributed by atoms with Gasteiger partial charge >= 0.3 is 0 Å². The lowest BCUT2D eigenvalue weighted by Crippen LogP contribution is -2.42. The van der Waals surface area contributed by atoms with Gasteiger partial charge in [0.1, 0.15) is 5.69 Å². The maximum absolute atomic E-state index is 15.2. The molecule has 2 fully saturated rings. The fraction of sp³-hybridized carbons (Fsp3) is 0.280. The van der Waals surface area contributed by atoms with E-state index in [2.05, 4.69) is 15.0 Å². The zero-order chi connectivity index (χ0) is 22.8. The minimum atomic E-state index is -0.429. The summed E-state index contributed by atoms with van der Waals surface area (Å²) in [5.41, 5.74) is 1.83. The van der Waals surface area contributed by atoms with Crippen LogP contribution in [-0.4, -0.2) is 47.0 Å². The van der Waals surface area contributed by atoms with Crippen molar-refractivity contribution in [3.8, 4) is 5.69 Å². The van der Waals surface area contributed by atoms with Gasteiger partial charge in [-0.05, 0) is 43.2 Å².